The number of nitrogens with two attached hydrogens (primary N) is 1. The van der Waals surface area contributed by atoms with Gasteiger partial charge in [-0.05, 0) is 23.6 Å². The maximum Gasteiger partial charge on any atom is 0.223 e. The topological polar surface area (TPSA) is 55.6 Å². The largest absolute Gasteiger partial charge is 0.497 e. The van der Waals surface area contributed by atoms with Crippen LogP contribution in [0.3, 0.4) is 0 Å². The van der Waals surface area contributed by atoms with Gasteiger partial charge in [-0.1, -0.05) is 42.3 Å². The van der Waals surface area contributed by atoms with Gasteiger partial charge in [0.2, 0.25) is 5.91 Å². The summed E-state index contributed by atoms with van der Waals surface area (Å²) in [5.74, 6) is 0.811. The smallest absolute Gasteiger partial charge is 0.223 e. The van der Waals surface area contributed by atoms with Crippen LogP contribution in [0.5, 0.6) is 5.75 Å². The van der Waals surface area contributed by atoms with Gasteiger partial charge in [0, 0.05) is 13.0 Å². The number of carbonyl (C=O) groups is 1. The molecule has 1 saturated heterocycles. The minimum atomic E-state index is -1.06. The second-order valence-corrected chi connectivity index (χ2v) is 7.32. The molecule has 1 heterocycles. The van der Waals surface area contributed by atoms with E-state index in [2.05, 4.69) is 0 Å². The molecule has 3 unspecified atom stereocenters. The number of benzene rings is 1. The number of amides is 1. The highest BCUT2D eigenvalue weighted by Gasteiger charge is 2.80. The summed E-state index contributed by atoms with van der Waals surface area (Å²) in [6.45, 7) is 2.39. The van der Waals surface area contributed by atoms with Crippen LogP contribution in [0.15, 0.2) is 24.3 Å². The number of alkyl halides is 2. The van der Waals surface area contributed by atoms with Crippen LogP contribution >= 0.6 is 23.2 Å². The Balaban J connectivity index is 1.83. The third kappa shape index (κ3) is 2.04. The number of fused-ring (bicyclic) bond motifs is 1. The zero-order valence-corrected chi connectivity index (χ0v) is 13.5. The van der Waals surface area contributed by atoms with Crippen molar-refractivity contribution in [3.8, 4) is 5.75 Å². The van der Waals surface area contributed by atoms with Crippen LogP contribution in [0.4, 0.5) is 0 Å². The summed E-state index contributed by atoms with van der Waals surface area (Å²) in [4.78, 5) is 14.0. The number of methoxy groups -OCH3 is 1. The van der Waals surface area contributed by atoms with Crippen molar-refractivity contribution in [1.29, 1.82) is 0 Å². The Morgan fingerprint density at radius 1 is 1.38 bits per heavy atom. The lowest BCUT2D eigenvalue weighted by atomic mass is 9.91. The summed E-state index contributed by atoms with van der Waals surface area (Å²) in [5, 5.41) is 0. The monoisotopic (exact) mass is 328 g/mol. The first kappa shape index (κ1) is 14.9. The van der Waals surface area contributed by atoms with Gasteiger partial charge >= 0.3 is 0 Å². The van der Waals surface area contributed by atoms with E-state index in [4.69, 9.17) is 33.7 Å². The summed E-state index contributed by atoms with van der Waals surface area (Å²) in [6, 6.07) is 7.25. The van der Waals surface area contributed by atoms with Gasteiger partial charge in [-0.3, -0.25) is 4.79 Å². The van der Waals surface area contributed by atoms with Crippen molar-refractivity contribution in [3.63, 3.8) is 0 Å². The van der Waals surface area contributed by atoms with Crippen LogP contribution in [-0.2, 0) is 11.3 Å². The molecule has 1 amide bonds. The minimum absolute atomic E-state index is 0.0166. The average molecular weight is 329 g/mol. The molecular weight excluding hydrogens is 311 g/mol. The zero-order chi connectivity index (χ0) is 15.4. The third-order valence-corrected chi connectivity index (χ3v) is 5.80. The number of carbonyl (C=O) groups excluding carboxylic acids is 1. The molecule has 1 saturated carbocycles. The number of hydrogen-bond donors (Lipinski definition) is 1. The van der Waals surface area contributed by atoms with Crippen molar-refractivity contribution in [1.82, 2.24) is 4.90 Å². The lowest BCUT2D eigenvalue weighted by molar-refractivity contribution is -0.136. The molecule has 0 radical (unpaired) electrons. The maximum atomic E-state index is 12.3. The number of ether oxygens (including phenoxy) is 1. The molecule has 3 atom stereocenters. The Morgan fingerprint density at radius 2 is 2.00 bits per heavy atom. The molecule has 21 heavy (non-hydrogen) atoms. The molecule has 2 fully saturated rings. The molecule has 1 aromatic carbocycles. The molecule has 0 spiro atoms. The van der Waals surface area contributed by atoms with Crippen LogP contribution in [0, 0.1) is 5.92 Å². The summed E-state index contributed by atoms with van der Waals surface area (Å²) < 4.78 is 4.07. The fourth-order valence-corrected chi connectivity index (χ4v) is 4.34. The van der Waals surface area contributed by atoms with Gasteiger partial charge in [0.1, 0.15) is 5.75 Å². The molecule has 2 N–H and O–H groups in total. The molecule has 1 aliphatic heterocycles. The van der Waals surface area contributed by atoms with Crippen LogP contribution in [0.2, 0.25) is 0 Å². The second kappa shape index (κ2) is 4.77. The summed E-state index contributed by atoms with van der Waals surface area (Å²) >= 11 is 12.7. The standard InChI is InChI=1S/C15H18Cl2N2O2/c1-9-7-12(20)19(13-14(9,18)15(13,16)17)8-10-3-5-11(21-2)6-4-10/h3-6,9,13H,7-8,18H2,1-2H3. The van der Waals surface area contributed by atoms with Crippen molar-refractivity contribution in [2.45, 2.75) is 35.8 Å². The van der Waals surface area contributed by atoms with Crippen LogP contribution < -0.4 is 10.5 Å². The van der Waals surface area contributed by atoms with Crippen molar-refractivity contribution in [2.24, 2.45) is 11.7 Å². The molecule has 0 bridgehead atoms. The van der Waals surface area contributed by atoms with Gasteiger partial charge in [-0.15, -0.1) is 0 Å². The predicted octanol–water partition coefficient (Wildman–Crippen LogP) is 2.32. The van der Waals surface area contributed by atoms with Gasteiger partial charge < -0.3 is 15.4 Å². The zero-order valence-electron chi connectivity index (χ0n) is 12.0. The highest BCUT2D eigenvalue weighted by Crippen LogP contribution is 2.64. The Morgan fingerprint density at radius 3 is 2.57 bits per heavy atom. The number of hydrogen-bond acceptors (Lipinski definition) is 3. The Bertz CT molecular complexity index is 576. The number of nitrogens with zero attached hydrogens (tertiary/aromatic N) is 1. The summed E-state index contributed by atoms with van der Waals surface area (Å²) in [6.07, 6.45) is 0.379. The second-order valence-electron chi connectivity index (χ2n) is 5.93. The van der Waals surface area contributed by atoms with E-state index in [1.54, 1.807) is 12.0 Å². The van der Waals surface area contributed by atoms with Crippen LogP contribution in [-0.4, -0.2) is 33.8 Å². The lowest BCUT2D eigenvalue weighted by Crippen LogP contribution is -2.50. The molecule has 1 aromatic rings. The quantitative estimate of drug-likeness (QED) is 0.866. The van der Waals surface area contributed by atoms with E-state index < -0.39 is 9.87 Å². The van der Waals surface area contributed by atoms with E-state index in [0.29, 0.717) is 13.0 Å². The minimum Gasteiger partial charge on any atom is -0.497 e. The van der Waals surface area contributed by atoms with Gasteiger partial charge in [-0.25, -0.2) is 0 Å². The Kier molecular flexibility index (Phi) is 3.39. The van der Waals surface area contributed by atoms with Crippen molar-refractivity contribution < 1.29 is 9.53 Å². The first-order valence-corrected chi connectivity index (χ1v) is 7.67. The SMILES string of the molecule is COc1ccc(CN2C(=O)CC(C)C3(N)C2C3(Cl)Cl)cc1. The molecule has 1 aliphatic carbocycles. The molecule has 114 valence electrons. The van der Waals surface area contributed by atoms with Crippen molar-refractivity contribution in [3.05, 3.63) is 29.8 Å². The van der Waals surface area contributed by atoms with E-state index in [1.165, 1.54) is 0 Å². The molecule has 6 heteroatoms. The van der Waals surface area contributed by atoms with E-state index in [9.17, 15) is 4.79 Å². The Labute approximate surface area is 134 Å². The summed E-state index contributed by atoms with van der Waals surface area (Å²) in [5.41, 5.74) is 6.63. The first-order chi connectivity index (χ1) is 9.82. The number of piperidine rings is 1. The fourth-order valence-electron chi connectivity index (χ4n) is 3.28. The number of rotatable bonds is 3. The van der Waals surface area contributed by atoms with E-state index in [0.717, 1.165) is 11.3 Å². The highest BCUT2D eigenvalue weighted by molar-refractivity contribution is 6.53. The molecule has 0 aromatic heterocycles. The van der Waals surface area contributed by atoms with E-state index in [-0.39, 0.29) is 17.9 Å². The molecule has 2 aliphatic rings. The predicted molar refractivity (Wildman–Crippen MR) is 82.5 cm³/mol. The first-order valence-electron chi connectivity index (χ1n) is 6.91. The van der Waals surface area contributed by atoms with Crippen molar-refractivity contribution >= 4 is 29.1 Å². The number of likely N-dealkylation sites (tertiary alicyclic amines) is 1. The molecule has 3 rings (SSSR count). The molecular formula is C15H18Cl2N2O2. The van der Waals surface area contributed by atoms with Gasteiger partial charge in [0.05, 0.1) is 18.7 Å². The van der Waals surface area contributed by atoms with Crippen molar-refractivity contribution in [2.75, 3.05) is 7.11 Å². The lowest BCUT2D eigenvalue weighted by Gasteiger charge is -2.33. The average Bonchev–Trinajstić information content (AvgIpc) is 2.91. The van der Waals surface area contributed by atoms with Gasteiger partial charge in [0.15, 0.2) is 4.33 Å². The maximum absolute atomic E-state index is 12.3. The highest BCUT2D eigenvalue weighted by atomic mass is 35.5. The van der Waals surface area contributed by atoms with E-state index in [1.807, 2.05) is 31.2 Å². The van der Waals surface area contributed by atoms with Crippen LogP contribution in [0.1, 0.15) is 18.9 Å². The van der Waals surface area contributed by atoms with Gasteiger partial charge in [-0.2, -0.15) is 0 Å². The van der Waals surface area contributed by atoms with E-state index >= 15 is 0 Å². The van der Waals surface area contributed by atoms with Crippen LogP contribution in [0.25, 0.3) is 0 Å². The number of halogens is 2. The normalized spacial score (nSPS) is 33.6. The Hall–Kier alpha value is -0.970. The fraction of sp³-hybridized carbons (Fsp3) is 0.533. The third-order valence-electron chi connectivity index (χ3n) is 4.73. The van der Waals surface area contributed by atoms with Gasteiger partial charge in [0.25, 0.3) is 0 Å². The summed E-state index contributed by atoms with van der Waals surface area (Å²) in [7, 11) is 1.62. The molecule has 4 nitrogen and oxygen atoms in total.